The van der Waals surface area contributed by atoms with E-state index in [0.29, 0.717) is 5.92 Å². The second-order valence-electron chi connectivity index (χ2n) is 8.69. The molecule has 0 aliphatic carbocycles. The third kappa shape index (κ3) is 4.10. The van der Waals surface area contributed by atoms with Crippen LogP contribution in [-0.4, -0.2) is 4.98 Å². The molecule has 0 aliphatic heterocycles. The highest BCUT2D eigenvalue weighted by atomic mass is 14.7. The molecule has 1 heteroatoms. The number of aromatic nitrogens is 1. The second kappa shape index (κ2) is 7.83. The summed E-state index contributed by atoms with van der Waals surface area (Å²) in [5.41, 5.74) is 11.2. The summed E-state index contributed by atoms with van der Waals surface area (Å²) in [5, 5.41) is 1.27. The van der Waals surface area contributed by atoms with Crippen molar-refractivity contribution >= 4 is 10.9 Å². The van der Waals surface area contributed by atoms with E-state index >= 15 is 0 Å². The van der Waals surface area contributed by atoms with Crippen molar-refractivity contribution in [1.29, 1.82) is 0 Å². The first-order valence-electron chi connectivity index (χ1n) is 10.5. The molecule has 0 unspecified atom stereocenters. The zero-order valence-electron chi connectivity index (χ0n) is 18.1. The fourth-order valence-corrected chi connectivity index (χ4v) is 4.24. The van der Waals surface area contributed by atoms with Gasteiger partial charge in [0.1, 0.15) is 0 Å². The molecule has 146 valence electrons. The van der Waals surface area contributed by atoms with Gasteiger partial charge in [-0.05, 0) is 85.7 Å². The first-order valence-corrected chi connectivity index (χ1v) is 10.5. The Hall–Kier alpha value is -2.93. The largest absolute Gasteiger partial charge is 0.248 e. The molecule has 0 atom stereocenters. The summed E-state index contributed by atoms with van der Waals surface area (Å²) in [6.07, 6.45) is 1.05. The molecular formula is C28H29N. The number of nitrogens with zero attached hydrogens (tertiary/aromatic N) is 1. The van der Waals surface area contributed by atoms with Crippen LogP contribution in [0.15, 0.2) is 66.7 Å². The van der Waals surface area contributed by atoms with E-state index in [9.17, 15) is 0 Å². The first-order chi connectivity index (χ1) is 13.9. The zero-order chi connectivity index (χ0) is 20.5. The minimum Gasteiger partial charge on any atom is -0.248 e. The van der Waals surface area contributed by atoms with Crippen LogP contribution in [0, 0.1) is 26.7 Å². The van der Waals surface area contributed by atoms with Gasteiger partial charge in [-0.1, -0.05) is 61.4 Å². The Morgan fingerprint density at radius 2 is 1.48 bits per heavy atom. The van der Waals surface area contributed by atoms with E-state index in [1.165, 1.54) is 44.3 Å². The summed E-state index contributed by atoms with van der Waals surface area (Å²) in [5.74, 6) is 0.592. The van der Waals surface area contributed by atoms with Gasteiger partial charge >= 0.3 is 0 Å². The lowest BCUT2D eigenvalue weighted by Gasteiger charge is -2.14. The maximum Gasteiger partial charge on any atom is 0.0712 e. The molecular weight excluding hydrogens is 350 g/mol. The summed E-state index contributed by atoms with van der Waals surface area (Å²) in [4.78, 5) is 5.05. The van der Waals surface area contributed by atoms with Crippen LogP contribution in [0.3, 0.4) is 0 Å². The molecule has 0 fully saturated rings. The van der Waals surface area contributed by atoms with Gasteiger partial charge in [0.2, 0.25) is 0 Å². The normalized spacial score (nSPS) is 11.4. The molecule has 3 aromatic carbocycles. The summed E-state index contributed by atoms with van der Waals surface area (Å²) in [6, 6.07) is 24.3. The van der Waals surface area contributed by atoms with E-state index in [4.69, 9.17) is 4.98 Å². The van der Waals surface area contributed by atoms with Gasteiger partial charge < -0.3 is 0 Å². The Bertz CT molecular complexity index is 1160. The lowest BCUT2D eigenvalue weighted by molar-refractivity contribution is 0.650. The molecule has 1 heterocycles. The van der Waals surface area contributed by atoms with E-state index in [0.717, 1.165) is 17.6 Å². The van der Waals surface area contributed by atoms with E-state index in [2.05, 4.69) is 101 Å². The van der Waals surface area contributed by atoms with Crippen molar-refractivity contribution in [3.8, 4) is 22.4 Å². The number of hydrogen-bond acceptors (Lipinski definition) is 1. The summed E-state index contributed by atoms with van der Waals surface area (Å²) < 4.78 is 0. The molecule has 0 saturated carbocycles. The zero-order valence-corrected chi connectivity index (χ0v) is 18.1. The lowest BCUT2D eigenvalue weighted by atomic mass is 9.93. The highest BCUT2D eigenvalue weighted by Gasteiger charge is 2.12. The fourth-order valence-electron chi connectivity index (χ4n) is 4.24. The van der Waals surface area contributed by atoms with Crippen LogP contribution in [0.1, 0.15) is 36.1 Å². The Morgan fingerprint density at radius 3 is 2.17 bits per heavy atom. The van der Waals surface area contributed by atoms with Gasteiger partial charge in [-0.3, -0.25) is 0 Å². The standard InChI is InChI=1S/C28H29N/c1-18(2)12-23-17-28(24-14-19(3)13-20(4)15-24)29-27-11-10-22(16-26(23)27)25-9-7-6-8-21(25)5/h6-11,13-18H,12H2,1-5H3. The molecule has 0 aliphatic rings. The van der Waals surface area contributed by atoms with E-state index in [1.54, 1.807) is 0 Å². The van der Waals surface area contributed by atoms with Crippen LogP contribution in [0.4, 0.5) is 0 Å². The van der Waals surface area contributed by atoms with Crippen LogP contribution >= 0.6 is 0 Å². The molecule has 0 saturated heterocycles. The number of aryl methyl sites for hydroxylation is 3. The van der Waals surface area contributed by atoms with Gasteiger partial charge in [0.25, 0.3) is 0 Å². The predicted molar refractivity (Wildman–Crippen MR) is 125 cm³/mol. The average molecular weight is 380 g/mol. The van der Waals surface area contributed by atoms with E-state index in [1.807, 2.05) is 0 Å². The van der Waals surface area contributed by atoms with Crippen LogP contribution in [0.5, 0.6) is 0 Å². The van der Waals surface area contributed by atoms with E-state index < -0.39 is 0 Å². The maximum atomic E-state index is 5.05. The Kier molecular flexibility index (Phi) is 5.24. The first kappa shape index (κ1) is 19.4. The number of hydrogen-bond donors (Lipinski definition) is 0. The average Bonchev–Trinajstić information content (AvgIpc) is 2.67. The topological polar surface area (TPSA) is 12.9 Å². The molecule has 0 N–H and O–H groups in total. The fraction of sp³-hybridized carbons (Fsp3) is 0.250. The van der Waals surface area contributed by atoms with Crippen molar-refractivity contribution in [1.82, 2.24) is 4.98 Å². The third-order valence-electron chi connectivity index (χ3n) is 5.50. The molecule has 4 aromatic rings. The monoisotopic (exact) mass is 379 g/mol. The van der Waals surface area contributed by atoms with Gasteiger partial charge in [0.05, 0.1) is 11.2 Å². The quantitative estimate of drug-likeness (QED) is 0.354. The molecule has 1 aromatic heterocycles. The second-order valence-corrected chi connectivity index (χ2v) is 8.69. The Labute approximate surface area is 174 Å². The highest BCUT2D eigenvalue weighted by molar-refractivity contribution is 5.89. The highest BCUT2D eigenvalue weighted by Crippen LogP contribution is 2.32. The summed E-state index contributed by atoms with van der Waals surface area (Å²) >= 11 is 0. The van der Waals surface area contributed by atoms with Gasteiger partial charge in [-0.25, -0.2) is 4.98 Å². The number of pyridine rings is 1. The van der Waals surface area contributed by atoms with Gasteiger partial charge in [0, 0.05) is 10.9 Å². The minimum atomic E-state index is 0.592. The smallest absolute Gasteiger partial charge is 0.0712 e. The molecule has 0 bridgehead atoms. The van der Waals surface area contributed by atoms with Crippen LogP contribution in [-0.2, 0) is 6.42 Å². The summed E-state index contributed by atoms with van der Waals surface area (Å²) in [7, 11) is 0. The molecule has 0 spiro atoms. The Balaban J connectivity index is 1.92. The van der Waals surface area contributed by atoms with Gasteiger partial charge in [0.15, 0.2) is 0 Å². The lowest BCUT2D eigenvalue weighted by Crippen LogP contribution is -1.99. The predicted octanol–water partition coefficient (Wildman–Crippen LogP) is 7.69. The van der Waals surface area contributed by atoms with Gasteiger partial charge in [-0.2, -0.15) is 0 Å². The van der Waals surface area contributed by atoms with Crippen molar-refractivity contribution in [3.63, 3.8) is 0 Å². The van der Waals surface area contributed by atoms with Gasteiger partial charge in [-0.15, -0.1) is 0 Å². The molecule has 4 rings (SSSR count). The number of fused-ring (bicyclic) bond motifs is 1. The SMILES string of the molecule is Cc1cc(C)cc(-c2cc(CC(C)C)c3cc(-c4ccccc4C)ccc3n2)c1. The van der Waals surface area contributed by atoms with Crippen molar-refractivity contribution in [2.75, 3.05) is 0 Å². The van der Waals surface area contributed by atoms with Crippen molar-refractivity contribution in [2.45, 2.75) is 41.0 Å². The van der Waals surface area contributed by atoms with Crippen LogP contribution in [0.2, 0.25) is 0 Å². The Morgan fingerprint density at radius 1 is 0.759 bits per heavy atom. The van der Waals surface area contributed by atoms with Crippen molar-refractivity contribution in [2.24, 2.45) is 5.92 Å². The summed E-state index contributed by atoms with van der Waals surface area (Å²) in [6.45, 7) is 11.1. The molecule has 29 heavy (non-hydrogen) atoms. The van der Waals surface area contributed by atoms with Crippen molar-refractivity contribution in [3.05, 3.63) is 89.0 Å². The molecule has 0 radical (unpaired) electrons. The number of benzene rings is 3. The minimum absolute atomic E-state index is 0.592. The van der Waals surface area contributed by atoms with E-state index in [-0.39, 0.29) is 0 Å². The molecule has 1 nitrogen and oxygen atoms in total. The molecule has 0 amide bonds. The van der Waals surface area contributed by atoms with Crippen LogP contribution in [0.25, 0.3) is 33.3 Å². The number of rotatable bonds is 4. The van der Waals surface area contributed by atoms with Crippen molar-refractivity contribution < 1.29 is 0 Å². The third-order valence-corrected chi connectivity index (χ3v) is 5.50. The maximum absolute atomic E-state index is 5.05. The van der Waals surface area contributed by atoms with Crippen LogP contribution < -0.4 is 0 Å².